The van der Waals surface area contributed by atoms with Gasteiger partial charge in [-0.2, -0.15) is 4.31 Å². The molecule has 1 amide bonds. The average Bonchev–Trinajstić information content (AvgIpc) is 2.83. The number of methoxy groups -OCH3 is 1. The number of ether oxygens (including phenoxy) is 3. The summed E-state index contributed by atoms with van der Waals surface area (Å²) in [5.41, 5.74) is -0.646. The lowest BCUT2D eigenvalue weighted by molar-refractivity contribution is -0.142. The molecule has 0 aliphatic carbocycles. The van der Waals surface area contributed by atoms with Gasteiger partial charge in [-0.3, -0.25) is 9.18 Å². The number of amides is 1. The Bertz CT molecular complexity index is 959. The molecule has 36 heavy (non-hydrogen) atoms. The topological polar surface area (TPSA) is 124 Å². The number of piperidine rings is 1. The third kappa shape index (κ3) is 9.20. The van der Waals surface area contributed by atoms with Crippen LogP contribution >= 0.6 is 0 Å². The van der Waals surface area contributed by atoms with Gasteiger partial charge in [-0.25, -0.2) is 18.2 Å². The quantitative estimate of drug-likeness (QED) is 0.432. The molecule has 2 heterocycles. The van der Waals surface area contributed by atoms with E-state index in [0.717, 1.165) is 0 Å². The second-order valence-corrected chi connectivity index (χ2v) is 12.0. The molecular weight excluding hydrogens is 493 g/mol. The number of carbonyl (C=O) groups is 2. The van der Waals surface area contributed by atoms with Crippen molar-refractivity contribution in [1.82, 2.24) is 14.6 Å². The van der Waals surface area contributed by atoms with Crippen LogP contribution in [0, 0.1) is 17.8 Å². The number of carbonyl (C=O) groups excluding carboxylic acids is 2. The average molecular weight is 532 g/mol. The van der Waals surface area contributed by atoms with Gasteiger partial charge in [0.1, 0.15) is 10.5 Å². The summed E-state index contributed by atoms with van der Waals surface area (Å²) in [6.07, 6.45) is 2.08. The van der Waals surface area contributed by atoms with E-state index in [1.54, 1.807) is 27.7 Å². The molecule has 12 heteroatoms. The number of alkyl halides is 1. The van der Waals surface area contributed by atoms with Crippen LogP contribution in [0.5, 0.6) is 5.88 Å². The Kier molecular flexibility index (Phi) is 10.9. The zero-order valence-corrected chi connectivity index (χ0v) is 22.5. The van der Waals surface area contributed by atoms with Crippen molar-refractivity contribution in [2.75, 3.05) is 40.0 Å². The summed E-state index contributed by atoms with van der Waals surface area (Å²) in [6.45, 7) is 7.23. The van der Waals surface area contributed by atoms with Crippen molar-refractivity contribution in [2.45, 2.75) is 57.5 Å². The van der Waals surface area contributed by atoms with Crippen molar-refractivity contribution in [3.63, 3.8) is 0 Å². The Hall–Kier alpha value is -2.47. The summed E-state index contributed by atoms with van der Waals surface area (Å²) >= 11 is 0. The van der Waals surface area contributed by atoms with Crippen LogP contribution in [-0.4, -0.2) is 75.4 Å². The van der Waals surface area contributed by atoms with Gasteiger partial charge in [0.15, 0.2) is 0 Å². The van der Waals surface area contributed by atoms with Crippen molar-refractivity contribution in [3.05, 3.63) is 18.3 Å². The predicted molar refractivity (Wildman–Crippen MR) is 131 cm³/mol. The van der Waals surface area contributed by atoms with Crippen LogP contribution < -0.4 is 10.1 Å². The second-order valence-electron chi connectivity index (χ2n) is 10.0. The number of alkyl carbamates (subject to hydrolysis) is 1. The molecule has 1 fully saturated rings. The van der Waals surface area contributed by atoms with Crippen LogP contribution in [0.15, 0.2) is 23.2 Å². The van der Waals surface area contributed by atoms with Gasteiger partial charge in [0.25, 0.3) is 0 Å². The van der Waals surface area contributed by atoms with E-state index in [1.165, 1.54) is 29.7 Å². The van der Waals surface area contributed by atoms with Crippen LogP contribution in [0.3, 0.4) is 0 Å². The van der Waals surface area contributed by atoms with E-state index < -0.39 is 28.4 Å². The maximum atomic E-state index is 13.3. The first-order valence-electron chi connectivity index (χ1n) is 12.0. The number of nitrogens with one attached hydrogen (secondary N) is 1. The highest BCUT2D eigenvalue weighted by atomic mass is 32.2. The van der Waals surface area contributed by atoms with Gasteiger partial charge in [0, 0.05) is 38.0 Å². The van der Waals surface area contributed by atoms with Crippen LogP contribution in [0.1, 0.15) is 47.0 Å². The molecule has 0 radical (unpaired) electrons. The third-order valence-corrected chi connectivity index (χ3v) is 7.89. The number of hydrogen-bond donors (Lipinski definition) is 1. The first kappa shape index (κ1) is 29.8. The molecule has 2 atom stereocenters. The van der Waals surface area contributed by atoms with E-state index in [4.69, 9.17) is 9.47 Å². The van der Waals surface area contributed by atoms with E-state index in [9.17, 15) is 22.4 Å². The van der Waals surface area contributed by atoms with Crippen molar-refractivity contribution in [2.24, 2.45) is 17.8 Å². The smallest absolute Gasteiger partial charge is 0.407 e. The molecule has 1 aromatic heterocycles. The van der Waals surface area contributed by atoms with E-state index in [2.05, 4.69) is 15.0 Å². The molecule has 10 nitrogen and oxygen atoms in total. The third-order valence-electron chi connectivity index (χ3n) is 6.00. The number of sulfonamides is 1. The van der Waals surface area contributed by atoms with Crippen molar-refractivity contribution in [1.29, 1.82) is 0 Å². The highest BCUT2D eigenvalue weighted by Crippen LogP contribution is 2.26. The van der Waals surface area contributed by atoms with E-state index in [1.807, 2.05) is 0 Å². The molecule has 1 N–H and O–H groups in total. The number of rotatable bonds is 11. The minimum absolute atomic E-state index is 0.0431. The lowest BCUT2D eigenvalue weighted by atomic mass is 9.95. The van der Waals surface area contributed by atoms with Gasteiger partial charge in [-0.15, -0.1) is 0 Å². The highest BCUT2D eigenvalue weighted by molar-refractivity contribution is 7.89. The van der Waals surface area contributed by atoms with E-state index >= 15 is 0 Å². The lowest BCUT2D eigenvalue weighted by Crippen LogP contribution is -2.39. The minimum Gasteiger partial charge on any atom is -0.477 e. The Balaban J connectivity index is 1.93. The first-order chi connectivity index (χ1) is 16.9. The SMILES string of the molecule is COC(=O)CC1CCN(S(=O)(=O)c2ccc(OCC(CNC(=O)OC(C)(C)C)C(C)CF)nc2)CC1. The molecule has 0 aromatic carbocycles. The van der Waals surface area contributed by atoms with E-state index in [0.29, 0.717) is 25.9 Å². The summed E-state index contributed by atoms with van der Waals surface area (Å²) in [6, 6.07) is 2.88. The number of esters is 1. The summed E-state index contributed by atoms with van der Waals surface area (Å²) in [5, 5.41) is 2.63. The number of hydrogen-bond acceptors (Lipinski definition) is 8. The van der Waals surface area contributed by atoms with Gasteiger partial charge in [0.05, 0.1) is 26.6 Å². The number of halogens is 1. The van der Waals surface area contributed by atoms with Crippen LogP contribution in [-0.2, 0) is 24.3 Å². The fraction of sp³-hybridized carbons (Fsp3) is 0.708. The number of nitrogens with zero attached hydrogens (tertiary/aromatic N) is 2. The van der Waals surface area contributed by atoms with Gasteiger partial charge in [-0.05, 0) is 51.5 Å². The van der Waals surface area contributed by atoms with Crippen molar-refractivity contribution in [3.8, 4) is 5.88 Å². The van der Waals surface area contributed by atoms with Crippen LogP contribution in [0.4, 0.5) is 9.18 Å². The second kappa shape index (κ2) is 13.2. The molecule has 0 saturated carbocycles. The maximum absolute atomic E-state index is 13.3. The normalized spacial score (nSPS) is 17.2. The summed E-state index contributed by atoms with van der Waals surface area (Å²) in [4.78, 5) is 27.5. The summed E-state index contributed by atoms with van der Waals surface area (Å²) in [7, 11) is -2.39. The summed E-state index contributed by atoms with van der Waals surface area (Å²) < 4.78 is 56.2. The molecule has 0 bridgehead atoms. The molecule has 2 unspecified atom stereocenters. The standard InChI is InChI=1S/C24H38FN3O7S/c1-17(13-25)19(14-27-23(30)35-24(2,3)4)16-34-21-7-6-20(15-26-21)36(31,32)28-10-8-18(9-11-28)12-22(29)33-5/h6-7,15,17-19H,8-14,16H2,1-5H3,(H,27,30). The molecule has 1 saturated heterocycles. The monoisotopic (exact) mass is 531 g/mol. The Morgan fingerprint density at radius 2 is 1.92 bits per heavy atom. The number of pyridine rings is 1. The molecule has 1 aliphatic heterocycles. The van der Waals surface area contributed by atoms with E-state index in [-0.39, 0.29) is 54.1 Å². The summed E-state index contributed by atoms with van der Waals surface area (Å²) in [5.74, 6) is -0.734. The zero-order valence-electron chi connectivity index (χ0n) is 21.7. The van der Waals surface area contributed by atoms with Crippen molar-refractivity contribution >= 4 is 22.1 Å². The Labute approximate surface area is 212 Å². The fourth-order valence-electron chi connectivity index (χ4n) is 3.70. The van der Waals surface area contributed by atoms with Crippen LogP contribution in [0.25, 0.3) is 0 Å². The predicted octanol–water partition coefficient (Wildman–Crippen LogP) is 3.17. The highest BCUT2D eigenvalue weighted by Gasteiger charge is 2.30. The Morgan fingerprint density at radius 3 is 2.44 bits per heavy atom. The van der Waals surface area contributed by atoms with Gasteiger partial charge >= 0.3 is 12.1 Å². The minimum atomic E-state index is -3.73. The van der Waals surface area contributed by atoms with Crippen molar-refractivity contribution < 1.29 is 36.6 Å². The lowest BCUT2D eigenvalue weighted by Gasteiger charge is -2.30. The molecule has 204 valence electrons. The van der Waals surface area contributed by atoms with Crippen LogP contribution in [0.2, 0.25) is 0 Å². The zero-order chi connectivity index (χ0) is 26.9. The van der Waals surface area contributed by atoms with Gasteiger partial charge in [0.2, 0.25) is 15.9 Å². The number of aromatic nitrogens is 1. The Morgan fingerprint density at radius 1 is 1.25 bits per heavy atom. The molecule has 1 aliphatic rings. The molecular formula is C24H38FN3O7S. The maximum Gasteiger partial charge on any atom is 0.407 e. The molecule has 0 spiro atoms. The fourth-order valence-corrected chi connectivity index (χ4v) is 5.11. The first-order valence-corrected chi connectivity index (χ1v) is 13.5. The molecule has 2 rings (SSSR count). The van der Waals surface area contributed by atoms with Gasteiger partial charge in [-0.1, -0.05) is 6.92 Å². The largest absolute Gasteiger partial charge is 0.477 e. The molecule has 1 aromatic rings. The van der Waals surface area contributed by atoms with Gasteiger partial charge < -0.3 is 19.5 Å².